The molecule has 0 aliphatic heterocycles. The van der Waals surface area contributed by atoms with Gasteiger partial charge in [0.2, 0.25) is 5.88 Å². The third kappa shape index (κ3) is 4.39. The maximum atomic E-state index is 13.7. The number of rotatable bonds is 7. The maximum Gasteiger partial charge on any atom is 0.387 e. The van der Waals surface area contributed by atoms with Crippen LogP contribution in [0, 0.1) is 0 Å². The Morgan fingerprint density at radius 2 is 1.77 bits per heavy atom. The number of nitrogens with zero attached hydrogens (tertiary/aromatic N) is 5. The molecule has 0 fully saturated rings. The van der Waals surface area contributed by atoms with E-state index in [1.807, 2.05) is 6.20 Å². The van der Waals surface area contributed by atoms with Crippen LogP contribution in [0.3, 0.4) is 0 Å². The molecule has 0 N–H and O–H groups in total. The second-order valence-corrected chi connectivity index (χ2v) is 7.60. The molecule has 0 aliphatic rings. The summed E-state index contributed by atoms with van der Waals surface area (Å²) in [5, 5.41) is 9.65. The molecular weight excluding hydrogens is 463 g/mol. The van der Waals surface area contributed by atoms with Crippen molar-refractivity contribution in [3.05, 3.63) is 71.1 Å². The zero-order valence-electron chi connectivity index (χ0n) is 18.4. The number of ether oxygens (including phenoxy) is 2. The summed E-state index contributed by atoms with van der Waals surface area (Å²) in [5.74, 6) is 0.0779. The van der Waals surface area contributed by atoms with Crippen molar-refractivity contribution in [3.8, 4) is 28.4 Å². The number of alkyl halides is 3. The van der Waals surface area contributed by atoms with Crippen LogP contribution in [0.1, 0.15) is 0 Å². The number of hydrogen-bond acceptors (Lipinski definition) is 6. The molecule has 11 heteroatoms. The maximum absolute atomic E-state index is 13.7. The van der Waals surface area contributed by atoms with Gasteiger partial charge in [-0.25, -0.2) is 9.37 Å². The van der Waals surface area contributed by atoms with E-state index in [1.165, 1.54) is 35.0 Å². The van der Waals surface area contributed by atoms with Crippen LogP contribution in [0.2, 0.25) is 0 Å². The van der Waals surface area contributed by atoms with Crippen LogP contribution in [-0.2, 0) is 7.05 Å². The Hall–Kier alpha value is -4.41. The highest BCUT2D eigenvalue weighted by molar-refractivity contribution is 5.91. The summed E-state index contributed by atoms with van der Waals surface area (Å²) in [4.78, 5) is 18.1. The first-order chi connectivity index (χ1) is 16.9. The fourth-order valence-electron chi connectivity index (χ4n) is 3.79. The highest BCUT2D eigenvalue weighted by Crippen LogP contribution is 2.28. The van der Waals surface area contributed by atoms with Crippen molar-refractivity contribution in [1.29, 1.82) is 0 Å². The SMILES string of the molecule is Cn1cc2cc(-n3nc4ccc(OCCF)nc4c(-c4ccc(OC(F)F)cc4)c3=O)ccc2n1. The molecule has 3 aromatic heterocycles. The second-order valence-electron chi connectivity index (χ2n) is 7.60. The summed E-state index contributed by atoms with van der Waals surface area (Å²) in [7, 11) is 1.80. The molecule has 8 nitrogen and oxygen atoms in total. The van der Waals surface area contributed by atoms with Crippen LogP contribution in [0.15, 0.2) is 65.6 Å². The summed E-state index contributed by atoms with van der Waals surface area (Å²) in [6.07, 6.45) is 1.82. The normalized spacial score (nSPS) is 11.5. The van der Waals surface area contributed by atoms with Crippen LogP contribution < -0.4 is 15.0 Å². The lowest BCUT2D eigenvalue weighted by Gasteiger charge is -2.12. The minimum absolute atomic E-state index is 0.0515. The Bertz CT molecular complexity index is 1580. The van der Waals surface area contributed by atoms with Crippen LogP contribution >= 0.6 is 0 Å². The Balaban J connectivity index is 1.72. The molecule has 5 rings (SSSR count). The summed E-state index contributed by atoms with van der Waals surface area (Å²) in [5.41, 5.74) is 1.98. The average molecular weight is 481 g/mol. The van der Waals surface area contributed by atoms with E-state index in [1.54, 1.807) is 36.0 Å². The van der Waals surface area contributed by atoms with Crippen molar-refractivity contribution < 1.29 is 22.6 Å². The highest BCUT2D eigenvalue weighted by Gasteiger charge is 2.18. The van der Waals surface area contributed by atoms with E-state index in [9.17, 15) is 18.0 Å². The molecule has 0 radical (unpaired) electrons. The third-order valence-corrected chi connectivity index (χ3v) is 5.24. The van der Waals surface area contributed by atoms with Gasteiger partial charge < -0.3 is 9.47 Å². The fraction of sp³-hybridized carbons (Fsp3) is 0.167. The van der Waals surface area contributed by atoms with E-state index in [-0.39, 0.29) is 29.3 Å². The molecule has 0 aliphatic carbocycles. The van der Waals surface area contributed by atoms with Gasteiger partial charge in [-0.15, -0.1) is 0 Å². The second kappa shape index (κ2) is 9.09. The lowest BCUT2D eigenvalue weighted by Crippen LogP contribution is -2.23. The molecule has 5 aromatic rings. The molecule has 0 spiro atoms. The lowest BCUT2D eigenvalue weighted by atomic mass is 10.1. The van der Waals surface area contributed by atoms with Gasteiger partial charge in [0.1, 0.15) is 30.1 Å². The smallest absolute Gasteiger partial charge is 0.387 e. The van der Waals surface area contributed by atoms with E-state index >= 15 is 0 Å². The molecule has 0 saturated carbocycles. The predicted octanol–water partition coefficient (Wildman–Crippen LogP) is 4.28. The Morgan fingerprint density at radius 3 is 2.51 bits per heavy atom. The van der Waals surface area contributed by atoms with Crippen LogP contribution in [-0.4, -0.2) is 44.4 Å². The molecular formula is C24H18F3N5O3. The molecule has 0 amide bonds. The number of fused-ring (bicyclic) bond motifs is 2. The van der Waals surface area contributed by atoms with Gasteiger partial charge in [0.15, 0.2) is 0 Å². The van der Waals surface area contributed by atoms with Crippen molar-refractivity contribution in [1.82, 2.24) is 24.5 Å². The average Bonchev–Trinajstić information content (AvgIpc) is 3.22. The molecule has 0 atom stereocenters. The number of aryl methyl sites for hydroxylation is 1. The molecule has 0 unspecified atom stereocenters. The molecule has 0 bridgehead atoms. The van der Waals surface area contributed by atoms with Gasteiger partial charge in [0, 0.05) is 24.7 Å². The largest absolute Gasteiger partial charge is 0.475 e. The topological polar surface area (TPSA) is 84.1 Å². The van der Waals surface area contributed by atoms with Crippen LogP contribution in [0.25, 0.3) is 38.8 Å². The number of aromatic nitrogens is 5. The van der Waals surface area contributed by atoms with Crippen LogP contribution in [0.5, 0.6) is 11.6 Å². The summed E-state index contributed by atoms with van der Waals surface area (Å²) < 4.78 is 50.4. The number of benzene rings is 2. The minimum atomic E-state index is -2.97. The number of pyridine rings is 1. The third-order valence-electron chi connectivity index (χ3n) is 5.24. The minimum Gasteiger partial charge on any atom is -0.475 e. The Labute approximate surface area is 196 Å². The van der Waals surface area contributed by atoms with Crippen LogP contribution in [0.4, 0.5) is 13.2 Å². The van der Waals surface area contributed by atoms with Gasteiger partial charge >= 0.3 is 6.61 Å². The molecule has 178 valence electrons. The van der Waals surface area contributed by atoms with Gasteiger partial charge in [-0.3, -0.25) is 9.48 Å². The van der Waals surface area contributed by atoms with E-state index in [0.717, 1.165) is 10.9 Å². The Kier molecular flexibility index (Phi) is 5.81. The van der Waals surface area contributed by atoms with Gasteiger partial charge in [-0.05, 0) is 42.0 Å². The molecule has 0 saturated heterocycles. The number of hydrogen-bond donors (Lipinski definition) is 0. The first kappa shape index (κ1) is 22.4. The van der Waals surface area contributed by atoms with E-state index in [0.29, 0.717) is 16.8 Å². The van der Waals surface area contributed by atoms with Crippen molar-refractivity contribution in [2.24, 2.45) is 7.05 Å². The zero-order chi connectivity index (χ0) is 24.5. The number of halogens is 3. The van der Waals surface area contributed by atoms with Gasteiger partial charge in [-0.1, -0.05) is 12.1 Å². The van der Waals surface area contributed by atoms with E-state index < -0.39 is 18.8 Å². The highest BCUT2D eigenvalue weighted by atomic mass is 19.3. The first-order valence-corrected chi connectivity index (χ1v) is 10.5. The van der Waals surface area contributed by atoms with Crippen molar-refractivity contribution in [2.75, 3.05) is 13.3 Å². The Morgan fingerprint density at radius 1 is 1.00 bits per heavy atom. The lowest BCUT2D eigenvalue weighted by molar-refractivity contribution is -0.0498. The molecule has 3 heterocycles. The first-order valence-electron chi connectivity index (χ1n) is 10.5. The van der Waals surface area contributed by atoms with Gasteiger partial charge in [0.25, 0.3) is 5.56 Å². The quantitative estimate of drug-likeness (QED) is 0.345. The zero-order valence-corrected chi connectivity index (χ0v) is 18.4. The van der Waals surface area contributed by atoms with E-state index in [4.69, 9.17) is 4.74 Å². The standard InChI is InChI=1S/C24H18F3N5O3/c1-31-13-15-12-16(4-7-18(15)29-31)32-23(33)21(14-2-5-17(6-3-14)35-24(26)27)22-19(30-32)8-9-20(28-22)34-11-10-25/h2-9,12-13,24H,10-11H2,1H3. The fourth-order valence-corrected chi connectivity index (χ4v) is 3.79. The predicted molar refractivity (Wildman–Crippen MR) is 123 cm³/mol. The monoisotopic (exact) mass is 481 g/mol. The molecule has 2 aromatic carbocycles. The summed E-state index contributed by atoms with van der Waals surface area (Å²) >= 11 is 0. The van der Waals surface area contributed by atoms with Crippen molar-refractivity contribution in [2.45, 2.75) is 6.61 Å². The van der Waals surface area contributed by atoms with Crippen molar-refractivity contribution in [3.63, 3.8) is 0 Å². The molecule has 35 heavy (non-hydrogen) atoms. The summed E-state index contributed by atoms with van der Waals surface area (Å²) in [6.45, 7) is -3.86. The van der Waals surface area contributed by atoms with Crippen molar-refractivity contribution >= 4 is 21.9 Å². The summed E-state index contributed by atoms with van der Waals surface area (Å²) in [6, 6.07) is 14.1. The van der Waals surface area contributed by atoms with Gasteiger partial charge in [0.05, 0.1) is 16.8 Å². The van der Waals surface area contributed by atoms with Gasteiger partial charge in [-0.2, -0.15) is 23.7 Å². The van der Waals surface area contributed by atoms with E-state index in [2.05, 4.69) is 19.9 Å².